The maximum Gasteiger partial charge on any atom is 0.145 e. The van der Waals surface area contributed by atoms with Crippen LogP contribution in [0, 0.1) is 0 Å². The first-order valence-corrected chi connectivity index (χ1v) is 6.98. The highest BCUT2D eigenvalue weighted by molar-refractivity contribution is 5.47. The van der Waals surface area contributed by atoms with E-state index in [0.29, 0.717) is 5.82 Å². The zero-order valence-corrected chi connectivity index (χ0v) is 12.4. The topological polar surface area (TPSA) is 88.3 Å². The zero-order valence-electron chi connectivity index (χ0n) is 12.4. The first-order valence-electron chi connectivity index (χ1n) is 6.98. The first-order chi connectivity index (χ1) is 9.58. The molecule has 0 spiro atoms. The lowest BCUT2D eigenvalue weighted by atomic mass is 10.2. The number of hydrogen-bond acceptors (Lipinski definition) is 7. The minimum absolute atomic E-state index is 0.181. The van der Waals surface area contributed by atoms with E-state index in [2.05, 4.69) is 46.5 Å². The van der Waals surface area contributed by atoms with Crippen molar-refractivity contribution in [2.45, 2.75) is 25.9 Å². The van der Waals surface area contributed by atoms with Crippen molar-refractivity contribution in [3.05, 3.63) is 11.9 Å². The average molecular weight is 280 g/mol. The van der Waals surface area contributed by atoms with Gasteiger partial charge in [-0.1, -0.05) is 13.8 Å². The minimum atomic E-state index is 0.181. The molecule has 1 aromatic heterocycles. The van der Waals surface area contributed by atoms with Gasteiger partial charge in [-0.2, -0.15) is 0 Å². The fraction of sp³-hybridized carbons (Fsp3) is 0.692. The molecule has 1 fully saturated rings. The zero-order chi connectivity index (χ0) is 14.5. The van der Waals surface area contributed by atoms with Gasteiger partial charge in [-0.05, 0) is 7.05 Å². The second kappa shape index (κ2) is 6.83. The summed E-state index contributed by atoms with van der Waals surface area (Å²) in [5, 5.41) is 3.31. The van der Waals surface area contributed by atoms with Crippen LogP contribution in [0.15, 0.2) is 6.07 Å². The van der Waals surface area contributed by atoms with Gasteiger partial charge in [-0.3, -0.25) is 0 Å². The molecule has 7 nitrogen and oxygen atoms in total. The largest absolute Gasteiger partial charge is 0.374 e. The Bertz CT molecular complexity index is 439. The molecule has 1 saturated heterocycles. The van der Waals surface area contributed by atoms with Crippen LogP contribution in [-0.2, 0) is 4.74 Å². The second-order valence-corrected chi connectivity index (χ2v) is 5.43. The van der Waals surface area contributed by atoms with E-state index in [4.69, 9.17) is 10.6 Å². The molecule has 20 heavy (non-hydrogen) atoms. The Morgan fingerprint density at radius 2 is 2.20 bits per heavy atom. The highest BCUT2D eigenvalue weighted by Gasteiger charge is 2.17. The number of hydrazine groups is 1. The highest BCUT2D eigenvalue weighted by atomic mass is 16.5. The van der Waals surface area contributed by atoms with E-state index in [9.17, 15) is 0 Å². The van der Waals surface area contributed by atoms with Crippen LogP contribution in [0.25, 0.3) is 0 Å². The van der Waals surface area contributed by atoms with Crippen LogP contribution in [0.1, 0.15) is 25.6 Å². The van der Waals surface area contributed by atoms with Gasteiger partial charge in [-0.15, -0.1) is 0 Å². The lowest BCUT2D eigenvalue weighted by Gasteiger charge is -2.30. The fourth-order valence-electron chi connectivity index (χ4n) is 2.10. The smallest absolute Gasteiger partial charge is 0.145 e. The Kier molecular flexibility index (Phi) is 5.11. The molecule has 1 atom stereocenters. The summed E-state index contributed by atoms with van der Waals surface area (Å²) in [6, 6.07) is 1.80. The third kappa shape index (κ3) is 4.03. The maximum atomic E-state index is 5.72. The van der Waals surface area contributed by atoms with E-state index in [0.717, 1.165) is 37.9 Å². The summed E-state index contributed by atoms with van der Waals surface area (Å²) in [6.07, 6.45) is 0.181. The molecule has 0 saturated carbocycles. The van der Waals surface area contributed by atoms with Crippen molar-refractivity contribution in [2.24, 2.45) is 5.84 Å². The number of anilines is 2. The summed E-state index contributed by atoms with van der Waals surface area (Å²) >= 11 is 0. The van der Waals surface area contributed by atoms with Crippen LogP contribution in [0.3, 0.4) is 0 Å². The molecule has 4 N–H and O–H groups in total. The molecular weight excluding hydrogens is 256 g/mol. The Balaban J connectivity index is 1.99. The van der Waals surface area contributed by atoms with Crippen LogP contribution in [-0.4, -0.2) is 54.3 Å². The average Bonchev–Trinajstić information content (AvgIpc) is 2.45. The van der Waals surface area contributed by atoms with Crippen molar-refractivity contribution in [1.82, 2.24) is 14.9 Å². The molecule has 1 aliphatic rings. The number of nitrogens with one attached hydrogen (secondary N) is 2. The van der Waals surface area contributed by atoms with Gasteiger partial charge in [0.25, 0.3) is 0 Å². The SMILES string of the molecule is CC(C)c1nc(NN)cc(NCC2CN(C)CCO2)n1. The van der Waals surface area contributed by atoms with E-state index in [-0.39, 0.29) is 12.0 Å². The number of aromatic nitrogens is 2. The molecule has 7 heteroatoms. The number of nitrogen functional groups attached to an aromatic ring is 1. The van der Waals surface area contributed by atoms with Crippen LogP contribution in [0.2, 0.25) is 0 Å². The van der Waals surface area contributed by atoms with Gasteiger partial charge in [0, 0.05) is 31.6 Å². The van der Waals surface area contributed by atoms with Gasteiger partial charge >= 0.3 is 0 Å². The Morgan fingerprint density at radius 3 is 2.85 bits per heavy atom. The summed E-state index contributed by atoms with van der Waals surface area (Å²) < 4.78 is 5.72. The summed E-state index contributed by atoms with van der Waals surface area (Å²) in [4.78, 5) is 11.1. The van der Waals surface area contributed by atoms with Gasteiger partial charge in [0.2, 0.25) is 0 Å². The molecule has 1 unspecified atom stereocenters. The Morgan fingerprint density at radius 1 is 1.45 bits per heavy atom. The fourth-order valence-corrected chi connectivity index (χ4v) is 2.10. The third-order valence-corrected chi connectivity index (χ3v) is 3.26. The molecule has 0 aromatic carbocycles. The van der Waals surface area contributed by atoms with E-state index in [1.807, 2.05) is 0 Å². The summed E-state index contributed by atoms with van der Waals surface area (Å²) in [5.74, 6) is 7.85. The lowest BCUT2D eigenvalue weighted by Crippen LogP contribution is -2.43. The summed E-state index contributed by atoms with van der Waals surface area (Å²) in [6.45, 7) is 7.53. The normalized spacial score (nSPS) is 20.1. The van der Waals surface area contributed by atoms with Gasteiger partial charge in [0.15, 0.2) is 0 Å². The molecule has 112 valence electrons. The molecule has 1 aromatic rings. The van der Waals surface area contributed by atoms with Crippen LogP contribution < -0.4 is 16.6 Å². The number of nitrogens with zero attached hydrogens (tertiary/aromatic N) is 3. The predicted octanol–water partition coefficient (Wildman–Crippen LogP) is 0.628. The van der Waals surface area contributed by atoms with E-state index >= 15 is 0 Å². The Hall–Kier alpha value is -1.44. The molecule has 1 aliphatic heterocycles. The molecule has 0 radical (unpaired) electrons. The van der Waals surface area contributed by atoms with Crippen molar-refractivity contribution in [1.29, 1.82) is 0 Å². The molecular formula is C13H24N6O. The number of ether oxygens (including phenoxy) is 1. The van der Waals surface area contributed by atoms with Crippen molar-refractivity contribution >= 4 is 11.6 Å². The maximum absolute atomic E-state index is 5.72. The van der Waals surface area contributed by atoms with Crippen molar-refractivity contribution in [3.63, 3.8) is 0 Å². The van der Waals surface area contributed by atoms with Gasteiger partial charge in [0.05, 0.1) is 12.7 Å². The first kappa shape index (κ1) is 15.0. The standard InChI is InChI=1S/C13H24N6O/c1-9(2)13-16-11(6-12(17-13)18-14)15-7-10-8-19(3)4-5-20-10/h6,9-10H,4-5,7-8,14H2,1-3H3,(H2,15,16,17,18). The number of hydrogen-bond donors (Lipinski definition) is 3. The molecule has 0 amide bonds. The van der Waals surface area contributed by atoms with E-state index < -0.39 is 0 Å². The van der Waals surface area contributed by atoms with Crippen LogP contribution in [0.5, 0.6) is 0 Å². The van der Waals surface area contributed by atoms with Crippen molar-refractivity contribution in [2.75, 3.05) is 44.0 Å². The molecule has 0 aliphatic carbocycles. The predicted molar refractivity (Wildman–Crippen MR) is 79.7 cm³/mol. The minimum Gasteiger partial charge on any atom is -0.374 e. The van der Waals surface area contributed by atoms with Crippen LogP contribution in [0.4, 0.5) is 11.6 Å². The number of rotatable bonds is 5. The van der Waals surface area contributed by atoms with Crippen molar-refractivity contribution < 1.29 is 4.74 Å². The third-order valence-electron chi connectivity index (χ3n) is 3.26. The molecule has 2 heterocycles. The van der Waals surface area contributed by atoms with E-state index in [1.165, 1.54) is 0 Å². The lowest BCUT2D eigenvalue weighted by molar-refractivity contribution is -0.0117. The van der Waals surface area contributed by atoms with Gasteiger partial charge in [-0.25, -0.2) is 15.8 Å². The van der Waals surface area contributed by atoms with E-state index in [1.54, 1.807) is 6.07 Å². The number of likely N-dealkylation sites (N-methyl/N-ethyl adjacent to an activating group) is 1. The number of morpholine rings is 1. The summed E-state index contributed by atoms with van der Waals surface area (Å²) in [5.41, 5.74) is 2.58. The number of nitrogens with two attached hydrogens (primary N) is 1. The van der Waals surface area contributed by atoms with Gasteiger partial charge in [0.1, 0.15) is 17.5 Å². The van der Waals surface area contributed by atoms with Crippen molar-refractivity contribution in [3.8, 4) is 0 Å². The second-order valence-electron chi connectivity index (χ2n) is 5.43. The monoisotopic (exact) mass is 280 g/mol. The Labute approximate surface area is 119 Å². The molecule has 0 bridgehead atoms. The molecule has 2 rings (SSSR count). The summed E-state index contributed by atoms with van der Waals surface area (Å²) in [7, 11) is 2.10. The quantitative estimate of drug-likeness (QED) is 0.538. The van der Waals surface area contributed by atoms with Gasteiger partial charge < -0.3 is 20.4 Å². The highest BCUT2D eigenvalue weighted by Crippen LogP contribution is 2.16. The van der Waals surface area contributed by atoms with Crippen LogP contribution >= 0.6 is 0 Å².